The number of carbonyl (C=O) groups excluding carboxylic acids is 1. The third-order valence-corrected chi connectivity index (χ3v) is 6.69. The maximum absolute atomic E-state index is 13.3. The lowest BCUT2D eigenvalue weighted by Gasteiger charge is -2.29. The van der Waals surface area contributed by atoms with Crippen molar-refractivity contribution in [3.63, 3.8) is 0 Å². The number of fused-ring (bicyclic) bond motifs is 1. The molecule has 0 spiro atoms. The number of aliphatic hydroxyl groups is 1. The Balaban J connectivity index is 1.63. The van der Waals surface area contributed by atoms with E-state index in [2.05, 4.69) is 26.0 Å². The molecule has 3 aromatic rings. The second kappa shape index (κ2) is 10.7. The zero-order valence-electron chi connectivity index (χ0n) is 21.2. The fourth-order valence-electron chi connectivity index (χ4n) is 4.45. The quantitative estimate of drug-likeness (QED) is 0.354. The maximum atomic E-state index is 13.3. The highest BCUT2D eigenvalue weighted by Gasteiger charge is 2.25. The van der Waals surface area contributed by atoms with Gasteiger partial charge < -0.3 is 30.4 Å². The minimum absolute atomic E-state index is 0.0557. The number of pyridine rings is 1. The van der Waals surface area contributed by atoms with Crippen molar-refractivity contribution in [3.05, 3.63) is 46.5 Å². The molecule has 1 unspecified atom stereocenters. The molecule has 1 amide bonds. The van der Waals surface area contributed by atoms with Crippen molar-refractivity contribution in [2.24, 2.45) is 5.41 Å². The first kappa shape index (κ1) is 25.6. The molecule has 4 rings (SSSR count). The number of aromatic nitrogens is 4. The topological polar surface area (TPSA) is 135 Å². The predicted molar refractivity (Wildman–Crippen MR) is 138 cm³/mol. The summed E-state index contributed by atoms with van der Waals surface area (Å²) in [5.41, 5.74) is 0.442. The molecule has 4 N–H and O–H groups in total. The molecule has 36 heavy (non-hydrogen) atoms. The Morgan fingerprint density at radius 2 is 2.14 bits per heavy atom. The molecule has 1 fully saturated rings. The Morgan fingerprint density at radius 3 is 2.86 bits per heavy atom. The van der Waals surface area contributed by atoms with E-state index in [9.17, 15) is 14.7 Å². The highest BCUT2D eigenvalue weighted by atomic mass is 16.5. The van der Waals surface area contributed by atoms with Gasteiger partial charge in [-0.2, -0.15) is 9.61 Å². The molecular weight excluding hydrogens is 462 g/mol. The van der Waals surface area contributed by atoms with E-state index in [1.165, 1.54) is 10.7 Å². The lowest BCUT2D eigenvalue weighted by atomic mass is 9.92. The number of aliphatic hydroxyl groups excluding tert-OH is 1. The lowest BCUT2D eigenvalue weighted by molar-refractivity contribution is 0.0525. The minimum atomic E-state index is -0.455. The second-order valence-electron chi connectivity index (χ2n) is 10.0. The van der Waals surface area contributed by atoms with Gasteiger partial charge in [-0.05, 0) is 37.8 Å². The number of ether oxygens (including phenoxy) is 1. The minimum Gasteiger partial charge on any atom is -0.396 e. The number of nitrogens with one attached hydrogen (secondary N) is 3. The molecule has 1 saturated carbocycles. The summed E-state index contributed by atoms with van der Waals surface area (Å²) in [6, 6.07) is 5.38. The first-order valence-corrected chi connectivity index (χ1v) is 12.2. The largest absolute Gasteiger partial charge is 0.396 e. The average molecular weight is 498 g/mol. The van der Waals surface area contributed by atoms with E-state index in [0.717, 1.165) is 25.7 Å². The Morgan fingerprint density at radius 1 is 1.33 bits per heavy atom. The first-order chi connectivity index (χ1) is 17.3. The van der Waals surface area contributed by atoms with Crippen molar-refractivity contribution in [2.75, 3.05) is 37.9 Å². The number of anilines is 3. The molecule has 1 aliphatic carbocycles. The smallest absolute Gasteiger partial charge is 0.274 e. The molecular formula is C25H35N7O4. The monoisotopic (exact) mass is 497 g/mol. The fraction of sp³-hybridized carbons (Fsp3) is 0.520. The fourth-order valence-corrected chi connectivity index (χ4v) is 4.45. The Bertz CT molecular complexity index is 1280. The van der Waals surface area contributed by atoms with E-state index in [1.807, 2.05) is 26.1 Å². The van der Waals surface area contributed by atoms with Gasteiger partial charge in [0.15, 0.2) is 5.65 Å². The Kier molecular flexibility index (Phi) is 7.60. The van der Waals surface area contributed by atoms with Crippen LogP contribution < -0.4 is 21.5 Å². The molecule has 1 aliphatic rings. The summed E-state index contributed by atoms with van der Waals surface area (Å²) in [5, 5.41) is 22.8. The van der Waals surface area contributed by atoms with Gasteiger partial charge in [0, 0.05) is 51.0 Å². The van der Waals surface area contributed by atoms with Crippen LogP contribution in [-0.2, 0) is 4.74 Å². The van der Waals surface area contributed by atoms with Gasteiger partial charge >= 0.3 is 0 Å². The van der Waals surface area contributed by atoms with Gasteiger partial charge in [-0.1, -0.05) is 13.8 Å². The molecule has 11 heteroatoms. The number of amides is 1. The summed E-state index contributed by atoms with van der Waals surface area (Å²) in [7, 11) is 3.46. The van der Waals surface area contributed by atoms with Crippen molar-refractivity contribution in [1.29, 1.82) is 0 Å². The zero-order valence-corrected chi connectivity index (χ0v) is 21.2. The van der Waals surface area contributed by atoms with E-state index in [0.29, 0.717) is 35.1 Å². The molecule has 194 valence electrons. The Labute approximate surface area is 209 Å². The highest BCUT2D eigenvalue weighted by molar-refractivity contribution is 6.00. The lowest BCUT2D eigenvalue weighted by Crippen LogP contribution is -2.36. The normalized spacial score (nSPS) is 18.2. The number of methoxy groups -OCH3 is 1. The zero-order chi connectivity index (χ0) is 25.9. The van der Waals surface area contributed by atoms with Crippen molar-refractivity contribution in [1.82, 2.24) is 24.5 Å². The second-order valence-corrected chi connectivity index (χ2v) is 10.0. The van der Waals surface area contributed by atoms with Gasteiger partial charge in [0.25, 0.3) is 11.5 Å². The van der Waals surface area contributed by atoms with Crippen LogP contribution in [0.5, 0.6) is 0 Å². The SMILES string of the molecule is CNc1cc(Nc2cccn(C3CCC[C@H](OC)C3)c2=O)nc2c(C(=O)NCC(C)(C)CO)cnn12. The maximum Gasteiger partial charge on any atom is 0.274 e. The predicted octanol–water partition coefficient (Wildman–Crippen LogP) is 2.55. The molecule has 2 atom stereocenters. The van der Waals surface area contributed by atoms with E-state index in [-0.39, 0.29) is 30.2 Å². The molecule has 3 aromatic heterocycles. The van der Waals surface area contributed by atoms with Crippen LogP contribution in [0.4, 0.5) is 17.3 Å². The Hall–Kier alpha value is -3.44. The molecule has 0 radical (unpaired) electrons. The van der Waals surface area contributed by atoms with Gasteiger partial charge in [-0.15, -0.1) is 0 Å². The van der Waals surface area contributed by atoms with Crippen molar-refractivity contribution in [2.45, 2.75) is 51.7 Å². The molecule has 0 aliphatic heterocycles. The van der Waals surface area contributed by atoms with Crippen LogP contribution in [0.15, 0.2) is 35.4 Å². The van der Waals surface area contributed by atoms with Gasteiger partial charge in [0.2, 0.25) is 0 Å². The number of hydrogen-bond acceptors (Lipinski definition) is 8. The third-order valence-electron chi connectivity index (χ3n) is 6.69. The number of carbonyl (C=O) groups is 1. The summed E-state index contributed by atoms with van der Waals surface area (Å²) in [6.45, 7) is 3.96. The van der Waals surface area contributed by atoms with Gasteiger partial charge in [0.05, 0.1) is 12.3 Å². The summed E-state index contributed by atoms with van der Waals surface area (Å²) < 4.78 is 8.84. The van der Waals surface area contributed by atoms with Crippen molar-refractivity contribution in [3.8, 4) is 0 Å². The first-order valence-electron chi connectivity index (χ1n) is 12.2. The molecule has 0 bridgehead atoms. The summed E-state index contributed by atoms with van der Waals surface area (Å²) in [5.74, 6) is 0.666. The molecule has 3 heterocycles. The highest BCUT2D eigenvalue weighted by Crippen LogP contribution is 2.29. The summed E-state index contributed by atoms with van der Waals surface area (Å²) in [4.78, 5) is 30.8. The average Bonchev–Trinajstić information content (AvgIpc) is 3.32. The molecule has 0 aromatic carbocycles. The van der Waals surface area contributed by atoms with Crippen LogP contribution in [0.1, 0.15) is 55.9 Å². The number of nitrogens with zero attached hydrogens (tertiary/aromatic N) is 4. The van der Waals surface area contributed by atoms with Crippen LogP contribution in [0.3, 0.4) is 0 Å². The van der Waals surface area contributed by atoms with Crippen LogP contribution in [0.25, 0.3) is 5.65 Å². The van der Waals surface area contributed by atoms with Gasteiger partial charge in [-0.3, -0.25) is 9.59 Å². The van der Waals surface area contributed by atoms with E-state index >= 15 is 0 Å². The number of hydrogen-bond donors (Lipinski definition) is 4. The number of rotatable bonds is 9. The third kappa shape index (κ3) is 5.36. The van der Waals surface area contributed by atoms with Crippen LogP contribution >= 0.6 is 0 Å². The van der Waals surface area contributed by atoms with Crippen LogP contribution in [0, 0.1) is 5.41 Å². The van der Waals surface area contributed by atoms with E-state index < -0.39 is 5.41 Å². The standard InChI is InChI=1S/C25H35N7O4/c1-25(2,15-33)14-27-23(34)18-13-28-32-21(26-3)12-20(30-22(18)32)29-19-9-6-10-31(24(19)35)16-7-5-8-17(11-16)36-4/h6,9-10,12-13,16-17,26,33H,5,7-8,11,14-15H2,1-4H3,(H,27,34)(H,29,30)/t16?,17-/m0/s1. The summed E-state index contributed by atoms with van der Waals surface area (Å²) in [6.07, 6.45) is 7.18. The van der Waals surface area contributed by atoms with E-state index in [4.69, 9.17) is 4.74 Å². The van der Waals surface area contributed by atoms with Crippen molar-refractivity contribution < 1.29 is 14.6 Å². The molecule has 11 nitrogen and oxygen atoms in total. The van der Waals surface area contributed by atoms with Gasteiger partial charge in [0.1, 0.15) is 22.9 Å². The van der Waals surface area contributed by atoms with Gasteiger partial charge in [-0.25, -0.2) is 4.98 Å². The van der Waals surface area contributed by atoms with Crippen LogP contribution in [0.2, 0.25) is 0 Å². The van der Waals surface area contributed by atoms with E-state index in [1.54, 1.807) is 30.9 Å². The van der Waals surface area contributed by atoms with Crippen molar-refractivity contribution >= 4 is 28.9 Å². The van der Waals surface area contributed by atoms with Crippen LogP contribution in [-0.4, -0.2) is 63.6 Å². The molecule has 0 saturated heterocycles. The summed E-state index contributed by atoms with van der Waals surface area (Å²) >= 11 is 0.